The number of amides is 2. The van der Waals surface area contributed by atoms with E-state index in [-0.39, 0.29) is 23.7 Å². The number of anilines is 1. The van der Waals surface area contributed by atoms with E-state index in [0.29, 0.717) is 15.9 Å². The lowest BCUT2D eigenvalue weighted by molar-refractivity contribution is -0.122. The summed E-state index contributed by atoms with van der Waals surface area (Å²) in [7, 11) is 0. The number of nitrogens with one attached hydrogen (secondary N) is 2. The van der Waals surface area contributed by atoms with Crippen molar-refractivity contribution in [3.63, 3.8) is 0 Å². The van der Waals surface area contributed by atoms with Gasteiger partial charge in [-0.25, -0.2) is 0 Å². The average Bonchev–Trinajstić information content (AvgIpc) is 2.83. The Morgan fingerprint density at radius 1 is 1.40 bits per heavy atom. The zero-order valence-electron chi connectivity index (χ0n) is 14.6. The molecule has 1 aliphatic rings. The van der Waals surface area contributed by atoms with Crippen LogP contribution in [0.15, 0.2) is 34.5 Å². The molecular weight excluding hydrogens is 360 g/mol. The number of nitrogens with zero attached hydrogens (tertiary/aromatic N) is 2. The van der Waals surface area contributed by atoms with E-state index in [1.54, 1.807) is 24.3 Å². The van der Waals surface area contributed by atoms with Gasteiger partial charge in [0.05, 0.1) is 0 Å². The Labute approximate surface area is 156 Å². The molecule has 1 aromatic rings. The van der Waals surface area contributed by atoms with Crippen LogP contribution >= 0.6 is 23.4 Å². The highest BCUT2D eigenvalue weighted by Gasteiger charge is 2.32. The molecule has 1 unspecified atom stereocenters. The van der Waals surface area contributed by atoms with Crippen LogP contribution in [0, 0.1) is 5.41 Å². The molecular formula is C17H21ClN4O2S. The summed E-state index contributed by atoms with van der Waals surface area (Å²) in [5.74, 6) is -0.501. The molecule has 1 heterocycles. The zero-order valence-corrected chi connectivity index (χ0v) is 16.2. The van der Waals surface area contributed by atoms with Gasteiger partial charge in [-0.15, -0.1) is 5.10 Å². The Morgan fingerprint density at radius 3 is 2.76 bits per heavy atom. The fourth-order valence-corrected chi connectivity index (χ4v) is 2.91. The predicted molar refractivity (Wildman–Crippen MR) is 104 cm³/mol. The first-order chi connectivity index (χ1) is 11.6. The van der Waals surface area contributed by atoms with Crippen molar-refractivity contribution in [2.75, 3.05) is 5.32 Å². The number of carbonyl (C=O) groups excluding carboxylic acids is 2. The fourth-order valence-electron chi connectivity index (χ4n) is 1.80. The largest absolute Gasteiger partial charge is 0.326 e. The molecule has 1 aromatic carbocycles. The van der Waals surface area contributed by atoms with Gasteiger partial charge in [-0.1, -0.05) is 50.2 Å². The molecule has 1 saturated heterocycles. The maximum absolute atomic E-state index is 12.1. The molecule has 134 valence electrons. The van der Waals surface area contributed by atoms with Gasteiger partial charge in [0.2, 0.25) is 11.8 Å². The Morgan fingerprint density at radius 2 is 2.12 bits per heavy atom. The number of thioether (sulfide) groups is 1. The Kier molecular flexibility index (Phi) is 6.24. The molecule has 2 rings (SSSR count). The summed E-state index contributed by atoms with van der Waals surface area (Å²) in [4.78, 5) is 24.1. The van der Waals surface area contributed by atoms with Gasteiger partial charge in [-0.2, -0.15) is 5.10 Å². The van der Waals surface area contributed by atoms with Crippen molar-refractivity contribution >= 4 is 51.7 Å². The molecule has 1 aliphatic heterocycles. The van der Waals surface area contributed by atoms with Gasteiger partial charge < -0.3 is 10.6 Å². The summed E-state index contributed by atoms with van der Waals surface area (Å²) in [6.07, 6.45) is 0.0456. The lowest BCUT2D eigenvalue weighted by Gasteiger charge is -2.16. The van der Waals surface area contributed by atoms with Crippen molar-refractivity contribution < 1.29 is 9.59 Å². The Balaban J connectivity index is 1.95. The lowest BCUT2D eigenvalue weighted by atomic mass is 9.91. The fraction of sp³-hybridized carbons (Fsp3) is 0.412. The van der Waals surface area contributed by atoms with Crippen LogP contribution in [-0.4, -0.2) is 27.9 Å². The first kappa shape index (κ1) is 19.5. The quantitative estimate of drug-likeness (QED) is 0.617. The van der Waals surface area contributed by atoms with E-state index in [0.717, 1.165) is 5.71 Å². The molecule has 0 saturated carbocycles. The van der Waals surface area contributed by atoms with Gasteiger partial charge in [0, 0.05) is 28.3 Å². The van der Waals surface area contributed by atoms with Gasteiger partial charge in [0.25, 0.3) is 0 Å². The highest BCUT2D eigenvalue weighted by atomic mass is 35.5. The number of hydrogen-bond acceptors (Lipinski definition) is 5. The van der Waals surface area contributed by atoms with E-state index in [2.05, 4.69) is 20.8 Å². The van der Waals surface area contributed by atoms with E-state index in [4.69, 9.17) is 11.6 Å². The summed E-state index contributed by atoms with van der Waals surface area (Å²) in [6.45, 7) is 8.00. The molecule has 8 heteroatoms. The second kappa shape index (κ2) is 8.01. The molecule has 1 atom stereocenters. The first-order valence-electron chi connectivity index (χ1n) is 7.81. The third-order valence-corrected chi connectivity index (χ3v) is 4.94. The van der Waals surface area contributed by atoms with E-state index in [1.165, 1.54) is 11.8 Å². The van der Waals surface area contributed by atoms with E-state index in [1.807, 2.05) is 27.7 Å². The Hall–Kier alpha value is -1.86. The minimum Gasteiger partial charge on any atom is -0.326 e. The van der Waals surface area contributed by atoms with Crippen LogP contribution in [-0.2, 0) is 9.59 Å². The number of rotatable bonds is 4. The van der Waals surface area contributed by atoms with Crippen LogP contribution in [0.25, 0.3) is 0 Å². The molecule has 6 nitrogen and oxygen atoms in total. The average molecular weight is 381 g/mol. The summed E-state index contributed by atoms with van der Waals surface area (Å²) < 4.78 is 0. The summed E-state index contributed by atoms with van der Waals surface area (Å²) >= 11 is 7.09. The van der Waals surface area contributed by atoms with Gasteiger partial charge in [0.15, 0.2) is 5.17 Å². The number of carbonyl (C=O) groups is 2. The van der Waals surface area contributed by atoms with Crippen LogP contribution in [0.4, 0.5) is 5.69 Å². The highest BCUT2D eigenvalue weighted by Crippen LogP contribution is 2.24. The number of halogens is 1. The van der Waals surface area contributed by atoms with Gasteiger partial charge >= 0.3 is 0 Å². The minimum absolute atomic E-state index is 0.0456. The smallest absolute Gasteiger partial charge is 0.240 e. The molecule has 1 fully saturated rings. The van der Waals surface area contributed by atoms with Crippen molar-refractivity contribution in [2.45, 2.75) is 39.4 Å². The second-order valence-electron chi connectivity index (χ2n) is 6.70. The van der Waals surface area contributed by atoms with Gasteiger partial charge in [0.1, 0.15) is 5.25 Å². The van der Waals surface area contributed by atoms with Crippen molar-refractivity contribution in [3.8, 4) is 0 Å². The predicted octanol–water partition coefficient (Wildman–Crippen LogP) is 3.68. The Bertz CT molecular complexity index is 740. The summed E-state index contributed by atoms with van der Waals surface area (Å²) in [5.41, 5.74) is 1.37. The number of benzene rings is 1. The van der Waals surface area contributed by atoms with Gasteiger partial charge in [-0.3, -0.25) is 9.59 Å². The normalized spacial score (nSPS) is 19.9. The second-order valence-corrected chi connectivity index (χ2v) is 8.33. The van der Waals surface area contributed by atoms with E-state index < -0.39 is 5.25 Å². The standard InChI is InChI=1S/C17H21ClN4O2S/c1-10(17(2,3)4)21-22-16-20-15(24)13(25-16)9-14(23)19-12-7-5-6-11(18)8-12/h5-8,13H,9H2,1-4H3,(H,19,23)(H,20,22,24). The minimum atomic E-state index is -0.525. The molecule has 0 aliphatic carbocycles. The van der Waals surface area contributed by atoms with Crippen LogP contribution in [0.3, 0.4) is 0 Å². The molecule has 0 bridgehead atoms. The van der Waals surface area contributed by atoms with Crippen molar-refractivity contribution in [1.82, 2.24) is 5.32 Å². The topological polar surface area (TPSA) is 82.9 Å². The third kappa shape index (κ3) is 5.86. The van der Waals surface area contributed by atoms with Crippen LogP contribution in [0.2, 0.25) is 5.02 Å². The van der Waals surface area contributed by atoms with Crippen LogP contribution < -0.4 is 10.6 Å². The third-order valence-electron chi connectivity index (χ3n) is 3.63. The molecule has 0 aromatic heterocycles. The van der Waals surface area contributed by atoms with E-state index in [9.17, 15) is 9.59 Å². The van der Waals surface area contributed by atoms with Crippen LogP contribution in [0.1, 0.15) is 34.1 Å². The van der Waals surface area contributed by atoms with Gasteiger partial charge in [-0.05, 0) is 25.1 Å². The van der Waals surface area contributed by atoms with Crippen LogP contribution in [0.5, 0.6) is 0 Å². The lowest BCUT2D eigenvalue weighted by Crippen LogP contribution is -2.28. The maximum atomic E-state index is 12.1. The highest BCUT2D eigenvalue weighted by molar-refractivity contribution is 8.15. The molecule has 0 radical (unpaired) electrons. The molecule has 2 N–H and O–H groups in total. The number of amidine groups is 1. The van der Waals surface area contributed by atoms with Crippen molar-refractivity contribution in [3.05, 3.63) is 29.3 Å². The maximum Gasteiger partial charge on any atom is 0.240 e. The van der Waals surface area contributed by atoms with E-state index >= 15 is 0 Å². The summed E-state index contributed by atoms with van der Waals surface area (Å²) in [5, 5.41) is 14.0. The first-order valence-corrected chi connectivity index (χ1v) is 9.06. The molecule has 25 heavy (non-hydrogen) atoms. The molecule has 0 spiro atoms. The number of hydrogen-bond donors (Lipinski definition) is 2. The van der Waals surface area contributed by atoms with Crippen molar-refractivity contribution in [1.29, 1.82) is 0 Å². The summed E-state index contributed by atoms with van der Waals surface area (Å²) in [6, 6.07) is 6.86. The SMILES string of the molecule is CC(=N/N=C1/NC(=O)C(CC(=O)Nc2cccc(Cl)c2)S1)C(C)(C)C. The zero-order chi connectivity index (χ0) is 18.6. The molecule has 2 amide bonds. The van der Waals surface area contributed by atoms with Crippen molar-refractivity contribution in [2.24, 2.45) is 15.6 Å². The monoisotopic (exact) mass is 380 g/mol.